The summed E-state index contributed by atoms with van der Waals surface area (Å²) in [5.41, 5.74) is 4.93. The molecule has 0 atom stereocenters. The molecule has 0 aliphatic heterocycles. The maximum atomic E-state index is 3.42. The predicted molar refractivity (Wildman–Crippen MR) is 76.3 cm³/mol. The lowest BCUT2D eigenvalue weighted by Crippen LogP contribution is -1.71. The van der Waals surface area contributed by atoms with Crippen LogP contribution in [0.1, 0.15) is 16.8 Å². The van der Waals surface area contributed by atoms with Gasteiger partial charge in [-0.1, -0.05) is 18.2 Å². The van der Waals surface area contributed by atoms with Crippen LogP contribution < -0.4 is 0 Å². The average molecular weight is 239 g/mol. The molecule has 1 nitrogen and oxygen atoms in total. The van der Waals surface area contributed by atoms with E-state index in [1.165, 1.54) is 22.0 Å². The first-order valence-corrected chi connectivity index (χ1v) is 6.56. The fourth-order valence-electron chi connectivity index (χ4n) is 1.97. The molecule has 84 valence electrons. The zero-order valence-corrected chi connectivity index (χ0v) is 10.4. The molecule has 1 N–H and O–H groups in total. The molecule has 0 radical (unpaired) electrons. The van der Waals surface area contributed by atoms with E-state index in [9.17, 15) is 0 Å². The largest absolute Gasteiger partial charge is 0.355 e. The van der Waals surface area contributed by atoms with Crippen LogP contribution in [0.4, 0.5) is 0 Å². The minimum absolute atomic E-state index is 1.15. The summed E-state index contributed by atoms with van der Waals surface area (Å²) in [6.45, 7) is 2.14. The first kappa shape index (κ1) is 10.4. The Balaban J connectivity index is 1.99. The van der Waals surface area contributed by atoms with Gasteiger partial charge in [-0.15, -0.1) is 0 Å². The van der Waals surface area contributed by atoms with Crippen molar-refractivity contribution >= 4 is 34.4 Å². The van der Waals surface area contributed by atoms with Gasteiger partial charge in [0.2, 0.25) is 0 Å². The lowest BCUT2D eigenvalue weighted by Gasteiger charge is -1.92. The lowest BCUT2D eigenvalue weighted by molar-refractivity contribution is 1.43. The second kappa shape index (κ2) is 4.22. The van der Waals surface area contributed by atoms with Gasteiger partial charge in [-0.25, -0.2) is 0 Å². The summed E-state index contributed by atoms with van der Waals surface area (Å²) in [6, 6.07) is 10.7. The van der Waals surface area contributed by atoms with Gasteiger partial charge in [0.25, 0.3) is 0 Å². The molecule has 2 heterocycles. The fourth-order valence-corrected chi connectivity index (χ4v) is 2.60. The molecule has 0 amide bonds. The van der Waals surface area contributed by atoms with E-state index < -0.39 is 0 Å². The van der Waals surface area contributed by atoms with E-state index in [2.05, 4.69) is 65.2 Å². The molecular formula is C15H13NS. The highest BCUT2D eigenvalue weighted by Gasteiger charge is 1.99. The van der Waals surface area contributed by atoms with Gasteiger partial charge in [0.15, 0.2) is 0 Å². The molecule has 2 heteroatoms. The minimum Gasteiger partial charge on any atom is -0.355 e. The molecule has 0 aliphatic rings. The van der Waals surface area contributed by atoms with Gasteiger partial charge >= 0.3 is 0 Å². The van der Waals surface area contributed by atoms with E-state index in [0.29, 0.717) is 0 Å². The van der Waals surface area contributed by atoms with Crippen molar-refractivity contribution in [3.8, 4) is 0 Å². The summed E-state index contributed by atoms with van der Waals surface area (Å²) in [7, 11) is 0. The highest BCUT2D eigenvalue weighted by molar-refractivity contribution is 7.08. The van der Waals surface area contributed by atoms with Crippen molar-refractivity contribution in [1.82, 2.24) is 4.98 Å². The highest BCUT2D eigenvalue weighted by Crippen LogP contribution is 2.20. The van der Waals surface area contributed by atoms with Crippen molar-refractivity contribution in [3.63, 3.8) is 0 Å². The topological polar surface area (TPSA) is 15.8 Å². The molecule has 3 rings (SSSR count). The number of hydrogen-bond acceptors (Lipinski definition) is 1. The Bertz CT molecular complexity index is 659. The van der Waals surface area contributed by atoms with Crippen LogP contribution in [0.2, 0.25) is 0 Å². The maximum Gasteiger partial charge on any atom is 0.0461 e. The zero-order chi connectivity index (χ0) is 11.7. The summed E-state index contributed by atoms with van der Waals surface area (Å²) in [5.74, 6) is 0. The molecule has 3 aromatic rings. The minimum atomic E-state index is 1.15. The Hall–Kier alpha value is -1.80. The predicted octanol–water partition coefficient (Wildman–Crippen LogP) is 4.71. The monoisotopic (exact) mass is 239 g/mol. The Morgan fingerprint density at radius 3 is 2.88 bits per heavy atom. The summed E-state index contributed by atoms with van der Waals surface area (Å²) in [5, 5.41) is 5.54. The molecule has 0 fully saturated rings. The van der Waals surface area contributed by atoms with Gasteiger partial charge in [-0.05, 0) is 53.1 Å². The fraction of sp³-hybridized carbons (Fsp3) is 0.0667. The van der Waals surface area contributed by atoms with Crippen molar-refractivity contribution in [1.29, 1.82) is 0 Å². The van der Waals surface area contributed by atoms with Gasteiger partial charge in [0, 0.05) is 16.6 Å². The number of nitrogens with one attached hydrogen (secondary N) is 1. The molecule has 0 saturated heterocycles. The normalized spacial score (nSPS) is 11.6. The van der Waals surface area contributed by atoms with E-state index >= 15 is 0 Å². The number of benzene rings is 1. The summed E-state index contributed by atoms with van der Waals surface area (Å²) < 4.78 is 0. The van der Waals surface area contributed by atoms with Gasteiger partial charge in [-0.2, -0.15) is 11.3 Å². The zero-order valence-electron chi connectivity index (χ0n) is 9.60. The molecular weight excluding hydrogens is 226 g/mol. The number of H-pyrrole nitrogens is 1. The van der Waals surface area contributed by atoms with Crippen LogP contribution in [0.5, 0.6) is 0 Å². The maximum absolute atomic E-state index is 3.42. The van der Waals surface area contributed by atoms with Crippen LogP contribution in [0.15, 0.2) is 41.1 Å². The molecule has 2 aromatic heterocycles. The van der Waals surface area contributed by atoms with Gasteiger partial charge < -0.3 is 4.98 Å². The van der Waals surface area contributed by atoms with Crippen molar-refractivity contribution in [3.05, 3.63) is 57.9 Å². The molecule has 0 unspecified atom stereocenters. The SMILES string of the molecule is Cc1cccc2[nH]c(/C=C/c3ccsc3)cc12. The van der Waals surface area contributed by atoms with Crippen molar-refractivity contribution in [2.24, 2.45) is 0 Å². The second-order valence-electron chi connectivity index (χ2n) is 4.15. The third-order valence-electron chi connectivity index (χ3n) is 2.90. The van der Waals surface area contributed by atoms with E-state index in [1.807, 2.05) is 0 Å². The number of fused-ring (bicyclic) bond motifs is 1. The van der Waals surface area contributed by atoms with Crippen LogP contribution in [-0.4, -0.2) is 4.98 Å². The van der Waals surface area contributed by atoms with Gasteiger partial charge in [-0.3, -0.25) is 0 Å². The van der Waals surface area contributed by atoms with Crippen LogP contribution in [-0.2, 0) is 0 Å². The van der Waals surface area contributed by atoms with Gasteiger partial charge in [0.05, 0.1) is 0 Å². The number of hydrogen-bond donors (Lipinski definition) is 1. The van der Waals surface area contributed by atoms with Crippen LogP contribution in [0.25, 0.3) is 23.1 Å². The van der Waals surface area contributed by atoms with Crippen molar-refractivity contribution < 1.29 is 0 Å². The third kappa shape index (κ3) is 2.04. The van der Waals surface area contributed by atoms with Crippen LogP contribution in [0, 0.1) is 6.92 Å². The van der Waals surface area contributed by atoms with Crippen LogP contribution in [0.3, 0.4) is 0 Å². The number of aromatic nitrogens is 1. The smallest absolute Gasteiger partial charge is 0.0461 e. The first-order chi connectivity index (χ1) is 8.33. The quantitative estimate of drug-likeness (QED) is 0.666. The third-order valence-corrected chi connectivity index (χ3v) is 3.60. The highest BCUT2D eigenvalue weighted by atomic mass is 32.1. The second-order valence-corrected chi connectivity index (χ2v) is 4.93. The van der Waals surface area contributed by atoms with E-state index in [4.69, 9.17) is 0 Å². The molecule has 0 aliphatic carbocycles. The Morgan fingerprint density at radius 1 is 1.18 bits per heavy atom. The Labute approximate surface area is 104 Å². The molecule has 17 heavy (non-hydrogen) atoms. The molecule has 0 saturated carbocycles. The van der Waals surface area contributed by atoms with Crippen LogP contribution >= 0.6 is 11.3 Å². The van der Waals surface area contributed by atoms with E-state index in [-0.39, 0.29) is 0 Å². The Morgan fingerprint density at radius 2 is 2.12 bits per heavy atom. The van der Waals surface area contributed by atoms with E-state index in [0.717, 1.165) is 5.69 Å². The number of aromatic amines is 1. The molecule has 1 aromatic carbocycles. The van der Waals surface area contributed by atoms with E-state index in [1.54, 1.807) is 11.3 Å². The standard InChI is InChI=1S/C15H13NS/c1-11-3-2-4-15-14(11)9-13(16-15)6-5-12-7-8-17-10-12/h2-10,16H,1H3/b6-5+. The Kier molecular flexibility index (Phi) is 2.57. The molecule has 0 bridgehead atoms. The van der Waals surface area contributed by atoms with Crippen molar-refractivity contribution in [2.75, 3.05) is 0 Å². The molecule has 0 spiro atoms. The van der Waals surface area contributed by atoms with Crippen molar-refractivity contribution in [2.45, 2.75) is 6.92 Å². The number of thiophene rings is 1. The number of aryl methyl sites for hydroxylation is 1. The number of rotatable bonds is 2. The summed E-state index contributed by atoms with van der Waals surface area (Å²) in [6.07, 6.45) is 4.26. The summed E-state index contributed by atoms with van der Waals surface area (Å²) >= 11 is 1.72. The summed E-state index contributed by atoms with van der Waals surface area (Å²) in [4.78, 5) is 3.42. The lowest BCUT2D eigenvalue weighted by atomic mass is 10.1. The average Bonchev–Trinajstić information content (AvgIpc) is 2.95. The van der Waals surface area contributed by atoms with Gasteiger partial charge in [0.1, 0.15) is 0 Å². The first-order valence-electron chi connectivity index (χ1n) is 5.61.